The molecule has 0 spiro atoms. The topological polar surface area (TPSA) is 66.1 Å². The fourth-order valence-corrected chi connectivity index (χ4v) is 3.25. The van der Waals surface area contributed by atoms with Crippen molar-refractivity contribution in [2.75, 3.05) is 7.05 Å². The predicted octanol–water partition coefficient (Wildman–Crippen LogP) is 2.49. The maximum absolute atomic E-state index is 12.9. The third-order valence-electron chi connectivity index (χ3n) is 3.49. The van der Waals surface area contributed by atoms with Crippen LogP contribution in [0, 0.1) is 5.82 Å². The first-order chi connectivity index (χ1) is 9.86. The number of aromatic amines is 1. The number of aryl methyl sites for hydroxylation is 1. The maximum atomic E-state index is 12.9. The number of nitrogens with one attached hydrogen (secondary N) is 1. The summed E-state index contributed by atoms with van der Waals surface area (Å²) >= 11 is 0. The van der Waals surface area contributed by atoms with Gasteiger partial charge in [-0.15, -0.1) is 0 Å². The Bertz CT molecular complexity index is 710. The predicted molar refractivity (Wildman–Crippen MR) is 77.7 cm³/mol. The van der Waals surface area contributed by atoms with E-state index in [0.29, 0.717) is 12.2 Å². The van der Waals surface area contributed by atoms with Gasteiger partial charge in [-0.3, -0.25) is 0 Å². The Morgan fingerprint density at radius 2 is 1.95 bits per heavy atom. The number of benzene rings is 1. The lowest BCUT2D eigenvalue weighted by Gasteiger charge is -2.23. The number of aromatic nitrogens is 2. The highest BCUT2D eigenvalue weighted by Gasteiger charge is 2.28. The number of imidazole rings is 1. The molecule has 0 aliphatic heterocycles. The molecule has 0 bridgehead atoms. The quantitative estimate of drug-likeness (QED) is 0.922. The Morgan fingerprint density at radius 1 is 1.33 bits per heavy atom. The van der Waals surface area contributed by atoms with E-state index in [4.69, 9.17) is 0 Å². The molecule has 0 amide bonds. The van der Waals surface area contributed by atoms with Gasteiger partial charge >= 0.3 is 0 Å². The van der Waals surface area contributed by atoms with Crippen LogP contribution < -0.4 is 0 Å². The van der Waals surface area contributed by atoms with Crippen LogP contribution in [-0.2, 0) is 16.4 Å². The maximum Gasteiger partial charge on any atom is 0.260 e. The summed E-state index contributed by atoms with van der Waals surface area (Å²) in [5.74, 6) is 0.272. The van der Waals surface area contributed by atoms with Crippen LogP contribution in [-0.4, -0.2) is 29.7 Å². The minimum Gasteiger partial charge on any atom is -0.332 e. The third kappa shape index (κ3) is 3.14. The molecule has 0 aliphatic rings. The summed E-state index contributed by atoms with van der Waals surface area (Å²) in [5.41, 5.74) is 0.720. The molecule has 1 unspecified atom stereocenters. The Labute approximate surface area is 123 Å². The van der Waals surface area contributed by atoms with Gasteiger partial charge in [0.25, 0.3) is 10.0 Å². The van der Waals surface area contributed by atoms with Gasteiger partial charge in [0, 0.05) is 19.5 Å². The van der Waals surface area contributed by atoms with Crippen LogP contribution in [0.1, 0.15) is 31.3 Å². The molecule has 1 atom stereocenters. The molecule has 0 saturated heterocycles. The van der Waals surface area contributed by atoms with Gasteiger partial charge in [0.05, 0.1) is 6.20 Å². The molecule has 2 aromatic rings. The van der Waals surface area contributed by atoms with Gasteiger partial charge in [-0.2, -0.15) is 4.31 Å². The van der Waals surface area contributed by atoms with Crippen molar-refractivity contribution in [2.24, 2.45) is 0 Å². The molecule has 0 radical (unpaired) electrons. The number of H-pyrrole nitrogens is 1. The zero-order valence-electron chi connectivity index (χ0n) is 12.2. The number of halogens is 1. The van der Waals surface area contributed by atoms with Gasteiger partial charge in [-0.25, -0.2) is 17.8 Å². The fourth-order valence-electron chi connectivity index (χ4n) is 1.97. The zero-order valence-corrected chi connectivity index (χ0v) is 13.0. The van der Waals surface area contributed by atoms with E-state index in [9.17, 15) is 12.8 Å². The Hall–Kier alpha value is -1.73. The lowest BCUT2D eigenvalue weighted by atomic mass is 10.1. The summed E-state index contributed by atoms with van der Waals surface area (Å²) in [6.45, 7) is 3.64. The van der Waals surface area contributed by atoms with Crippen LogP contribution in [0.5, 0.6) is 0 Å². The van der Waals surface area contributed by atoms with E-state index >= 15 is 0 Å². The highest BCUT2D eigenvalue weighted by molar-refractivity contribution is 7.89. The van der Waals surface area contributed by atoms with Crippen LogP contribution >= 0.6 is 0 Å². The molecule has 1 N–H and O–H groups in total. The molecule has 114 valence electrons. The second kappa shape index (κ2) is 5.95. The fraction of sp³-hybridized carbons (Fsp3) is 0.357. The van der Waals surface area contributed by atoms with Gasteiger partial charge in [-0.05, 0) is 24.6 Å². The summed E-state index contributed by atoms with van der Waals surface area (Å²) in [6, 6.07) is 5.38. The number of rotatable bonds is 5. The number of sulfonamides is 1. The normalized spacial score (nSPS) is 13.6. The van der Waals surface area contributed by atoms with Crippen molar-refractivity contribution in [3.05, 3.63) is 47.7 Å². The van der Waals surface area contributed by atoms with Crippen LogP contribution in [0.3, 0.4) is 0 Å². The summed E-state index contributed by atoms with van der Waals surface area (Å²) < 4.78 is 39.2. The number of nitrogens with zero attached hydrogens (tertiary/aromatic N) is 2. The second-order valence-corrected chi connectivity index (χ2v) is 6.76. The lowest BCUT2D eigenvalue weighted by molar-refractivity contribution is 0.396. The van der Waals surface area contributed by atoms with E-state index in [1.54, 1.807) is 19.1 Å². The van der Waals surface area contributed by atoms with E-state index in [1.165, 1.54) is 29.7 Å². The standard InChI is InChI=1S/C14H18FN3O2S/c1-4-13-16-9-14(17-13)21(19,20)18(3)10(2)11-5-7-12(15)8-6-11/h5-10H,4H2,1-3H3,(H,16,17). The van der Waals surface area contributed by atoms with Crippen LogP contribution in [0.25, 0.3) is 0 Å². The SMILES string of the molecule is CCc1ncc(S(=O)(=O)N(C)C(C)c2ccc(F)cc2)[nH]1. The first-order valence-electron chi connectivity index (χ1n) is 6.63. The van der Waals surface area contributed by atoms with Crippen LogP contribution in [0.15, 0.2) is 35.5 Å². The third-order valence-corrected chi connectivity index (χ3v) is 5.33. The molecule has 5 nitrogen and oxygen atoms in total. The first-order valence-corrected chi connectivity index (χ1v) is 8.07. The molecule has 21 heavy (non-hydrogen) atoms. The molecule has 0 saturated carbocycles. The molecule has 1 aromatic carbocycles. The molecule has 0 aliphatic carbocycles. The molecule has 0 fully saturated rings. The molecular formula is C14H18FN3O2S. The minimum absolute atomic E-state index is 0.0656. The van der Waals surface area contributed by atoms with Crippen molar-refractivity contribution >= 4 is 10.0 Å². The monoisotopic (exact) mass is 311 g/mol. The van der Waals surface area contributed by atoms with Gasteiger partial charge in [0.1, 0.15) is 11.6 Å². The lowest BCUT2D eigenvalue weighted by Crippen LogP contribution is -2.30. The van der Waals surface area contributed by atoms with E-state index in [1.807, 2.05) is 6.92 Å². The Morgan fingerprint density at radius 3 is 2.48 bits per heavy atom. The minimum atomic E-state index is -3.66. The van der Waals surface area contributed by atoms with Crippen LogP contribution in [0.2, 0.25) is 0 Å². The van der Waals surface area contributed by atoms with E-state index < -0.39 is 16.1 Å². The van der Waals surface area contributed by atoms with E-state index in [0.717, 1.165) is 5.56 Å². The molecule has 1 heterocycles. The van der Waals surface area contributed by atoms with Crippen LogP contribution in [0.4, 0.5) is 4.39 Å². The van der Waals surface area contributed by atoms with Gasteiger partial charge in [0.15, 0.2) is 5.03 Å². The largest absolute Gasteiger partial charge is 0.332 e. The molecular weight excluding hydrogens is 293 g/mol. The number of hydrogen-bond acceptors (Lipinski definition) is 3. The molecule has 7 heteroatoms. The van der Waals surface area contributed by atoms with Crippen molar-refractivity contribution in [2.45, 2.75) is 31.3 Å². The highest BCUT2D eigenvalue weighted by Crippen LogP contribution is 2.25. The average Bonchev–Trinajstić information content (AvgIpc) is 2.96. The second-order valence-electron chi connectivity index (χ2n) is 4.80. The van der Waals surface area contributed by atoms with Crippen molar-refractivity contribution in [1.29, 1.82) is 0 Å². The Kier molecular flexibility index (Phi) is 4.43. The first kappa shape index (κ1) is 15.7. The van der Waals surface area contributed by atoms with E-state index in [-0.39, 0.29) is 10.8 Å². The Balaban J connectivity index is 2.28. The summed E-state index contributed by atoms with van der Waals surface area (Å²) in [6.07, 6.45) is 1.95. The van der Waals surface area contributed by atoms with Crippen molar-refractivity contribution < 1.29 is 12.8 Å². The molecule has 2 rings (SSSR count). The van der Waals surface area contributed by atoms with Gasteiger partial charge in [-0.1, -0.05) is 19.1 Å². The average molecular weight is 311 g/mol. The van der Waals surface area contributed by atoms with Crippen molar-refractivity contribution in [1.82, 2.24) is 14.3 Å². The highest BCUT2D eigenvalue weighted by atomic mass is 32.2. The smallest absolute Gasteiger partial charge is 0.260 e. The summed E-state index contributed by atoms with van der Waals surface area (Å²) in [7, 11) is -2.17. The van der Waals surface area contributed by atoms with E-state index in [2.05, 4.69) is 9.97 Å². The van der Waals surface area contributed by atoms with Gasteiger partial charge < -0.3 is 4.98 Å². The van der Waals surface area contributed by atoms with Gasteiger partial charge in [0.2, 0.25) is 0 Å². The molecule has 1 aromatic heterocycles. The number of hydrogen-bond donors (Lipinski definition) is 1. The van der Waals surface area contributed by atoms with Crippen molar-refractivity contribution in [3.8, 4) is 0 Å². The summed E-state index contributed by atoms with van der Waals surface area (Å²) in [5, 5.41) is 0.0656. The summed E-state index contributed by atoms with van der Waals surface area (Å²) in [4.78, 5) is 6.81. The van der Waals surface area contributed by atoms with Crippen molar-refractivity contribution in [3.63, 3.8) is 0 Å². The zero-order chi connectivity index (χ0) is 15.6.